The van der Waals surface area contributed by atoms with Crippen molar-refractivity contribution < 1.29 is 4.74 Å². The molecule has 3 aromatic rings. The lowest BCUT2D eigenvalue weighted by Gasteiger charge is -2.05. The first-order valence-corrected chi connectivity index (χ1v) is 6.40. The molecule has 21 heavy (non-hydrogen) atoms. The maximum absolute atomic E-state index is 5.68. The van der Waals surface area contributed by atoms with Crippen LogP contribution in [0.25, 0.3) is 17.2 Å². The van der Waals surface area contributed by atoms with Gasteiger partial charge in [0.25, 0.3) is 0 Å². The maximum Gasteiger partial charge on any atom is 0.233 e. The number of pyridine rings is 1. The van der Waals surface area contributed by atoms with Crippen molar-refractivity contribution in [2.24, 2.45) is 5.73 Å². The van der Waals surface area contributed by atoms with Crippen LogP contribution in [0.15, 0.2) is 42.6 Å². The highest BCUT2D eigenvalue weighted by Crippen LogP contribution is 2.21. The molecule has 0 aromatic carbocycles. The number of nitrogens with two attached hydrogens (primary N) is 1. The van der Waals surface area contributed by atoms with E-state index < -0.39 is 0 Å². The molecule has 0 aliphatic carbocycles. The van der Waals surface area contributed by atoms with E-state index in [1.807, 2.05) is 24.3 Å². The van der Waals surface area contributed by atoms with Gasteiger partial charge in [0, 0.05) is 18.8 Å². The number of rotatable bonds is 4. The minimum atomic E-state index is 0.344. The number of ether oxygens (including phenoxy) is 1. The van der Waals surface area contributed by atoms with E-state index >= 15 is 0 Å². The van der Waals surface area contributed by atoms with Crippen molar-refractivity contribution in [1.82, 2.24) is 25.0 Å². The minimum Gasteiger partial charge on any atom is -0.480 e. The average Bonchev–Trinajstić information content (AvgIpc) is 3.00. The van der Waals surface area contributed by atoms with E-state index in [9.17, 15) is 0 Å². The fraction of sp³-hybridized carbons (Fsp3) is 0.143. The molecule has 3 aromatic heterocycles. The van der Waals surface area contributed by atoms with Crippen molar-refractivity contribution in [2.45, 2.75) is 6.54 Å². The molecule has 0 saturated carbocycles. The van der Waals surface area contributed by atoms with E-state index in [-0.39, 0.29) is 0 Å². The summed E-state index contributed by atoms with van der Waals surface area (Å²) in [5.41, 5.74) is 8.05. The first kappa shape index (κ1) is 13.2. The topological polar surface area (TPSA) is 91.7 Å². The first-order valence-electron chi connectivity index (χ1n) is 6.40. The maximum atomic E-state index is 5.68. The zero-order chi connectivity index (χ0) is 14.7. The Morgan fingerprint density at radius 2 is 2.10 bits per heavy atom. The Morgan fingerprint density at radius 3 is 2.71 bits per heavy atom. The van der Waals surface area contributed by atoms with Gasteiger partial charge in [0.05, 0.1) is 24.2 Å². The minimum absolute atomic E-state index is 0.344. The predicted octanol–water partition coefficient (Wildman–Crippen LogP) is 1.19. The Morgan fingerprint density at radius 1 is 1.19 bits per heavy atom. The molecule has 0 bridgehead atoms. The van der Waals surface area contributed by atoms with Crippen molar-refractivity contribution in [3.63, 3.8) is 0 Å². The zero-order valence-electron chi connectivity index (χ0n) is 11.5. The van der Waals surface area contributed by atoms with Gasteiger partial charge in [0.15, 0.2) is 5.82 Å². The molecule has 0 spiro atoms. The summed E-state index contributed by atoms with van der Waals surface area (Å²) in [6, 6.07) is 11.1. The highest BCUT2D eigenvalue weighted by molar-refractivity contribution is 5.57. The van der Waals surface area contributed by atoms with E-state index in [2.05, 4.69) is 20.3 Å². The molecule has 0 atom stereocenters. The summed E-state index contributed by atoms with van der Waals surface area (Å²) < 4.78 is 6.69. The van der Waals surface area contributed by atoms with Crippen LogP contribution in [0.1, 0.15) is 5.69 Å². The quantitative estimate of drug-likeness (QED) is 0.773. The second kappa shape index (κ2) is 5.68. The Labute approximate surface area is 121 Å². The highest BCUT2D eigenvalue weighted by Gasteiger charge is 2.13. The summed E-state index contributed by atoms with van der Waals surface area (Å²) in [7, 11) is 1.55. The molecule has 7 nitrogen and oxygen atoms in total. The summed E-state index contributed by atoms with van der Waals surface area (Å²) in [6.45, 7) is 0.344. The Kier molecular flexibility index (Phi) is 3.57. The molecule has 0 aliphatic heterocycles. The van der Waals surface area contributed by atoms with E-state index in [1.165, 1.54) is 0 Å². The number of aromatic nitrogens is 5. The SMILES string of the molecule is COc1ccc(-n2nc(CN)cc2-c2ccccn2)nn1. The Hall–Kier alpha value is -2.80. The molecule has 0 unspecified atom stereocenters. The molecule has 0 fully saturated rings. The van der Waals surface area contributed by atoms with Gasteiger partial charge in [-0.25, -0.2) is 4.68 Å². The average molecular weight is 282 g/mol. The number of nitrogens with zero attached hydrogens (tertiary/aromatic N) is 5. The molecule has 106 valence electrons. The second-order valence-corrected chi connectivity index (χ2v) is 4.29. The highest BCUT2D eigenvalue weighted by atomic mass is 16.5. The van der Waals surface area contributed by atoms with Gasteiger partial charge in [-0.05, 0) is 24.3 Å². The number of hydrogen-bond donors (Lipinski definition) is 1. The molecule has 2 N–H and O–H groups in total. The summed E-state index contributed by atoms with van der Waals surface area (Å²) in [5.74, 6) is 1.03. The van der Waals surface area contributed by atoms with Crippen LogP contribution in [-0.2, 0) is 6.54 Å². The van der Waals surface area contributed by atoms with Gasteiger partial charge in [0.2, 0.25) is 5.88 Å². The van der Waals surface area contributed by atoms with Crippen LogP contribution < -0.4 is 10.5 Å². The standard InChI is InChI=1S/C14H14N6O/c1-21-14-6-5-13(17-18-14)20-12(8-10(9-15)19-20)11-4-2-3-7-16-11/h2-8H,9,15H2,1H3. The van der Waals surface area contributed by atoms with Crippen molar-refractivity contribution >= 4 is 0 Å². The van der Waals surface area contributed by atoms with Crippen molar-refractivity contribution in [1.29, 1.82) is 0 Å². The van der Waals surface area contributed by atoms with Crippen molar-refractivity contribution in [3.05, 3.63) is 48.3 Å². The largest absolute Gasteiger partial charge is 0.480 e. The molecular formula is C14H14N6O. The normalized spacial score (nSPS) is 10.6. The summed E-state index contributed by atoms with van der Waals surface area (Å²) in [6.07, 6.45) is 1.73. The van der Waals surface area contributed by atoms with E-state index in [0.717, 1.165) is 17.1 Å². The molecule has 0 saturated heterocycles. The number of hydrogen-bond acceptors (Lipinski definition) is 6. The fourth-order valence-corrected chi connectivity index (χ4v) is 1.94. The van der Waals surface area contributed by atoms with Gasteiger partial charge in [-0.15, -0.1) is 10.2 Å². The van der Waals surface area contributed by atoms with Crippen LogP contribution in [0.2, 0.25) is 0 Å². The molecule has 0 aliphatic rings. The van der Waals surface area contributed by atoms with Crippen LogP contribution in [0.4, 0.5) is 0 Å². The predicted molar refractivity (Wildman–Crippen MR) is 76.8 cm³/mol. The van der Waals surface area contributed by atoms with E-state index in [0.29, 0.717) is 18.2 Å². The molecule has 0 amide bonds. The zero-order valence-corrected chi connectivity index (χ0v) is 11.5. The van der Waals surface area contributed by atoms with Crippen LogP contribution in [-0.4, -0.2) is 32.1 Å². The van der Waals surface area contributed by atoms with Gasteiger partial charge in [0.1, 0.15) is 0 Å². The van der Waals surface area contributed by atoms with E-state index in [4.69, 9.17) is 10.5 Å². The third kappa shape index (κ3) is 2.59. The van der Waals surface area contributed by atoms with Gasteiger partial charge in [-0.1, -0.05) is 6.07 Å². The van der Waals surface area contributed by atoms with Gasteiger partial charge in [-0.2, -0.15) is 5.10 Å². The second-order valence-electron chi connectivity index (χ2n) is 4.29. The van der Waals surface area contributed by atoms with Gasteiger partial charge < -0.3 is 10.5 Å². The van der Waals surface area contributed by atoms with Crippen molar-refractivity contribution in [2.75, 3.05) is 7.11 Å². The monoisotopic (exact) mass is 282 g/mol. The Balaban J connectivity index is 2.10. The van der Waals surface area contributed by atoms with Crippen LogP contribution >= 0.6 is 0 Å². The summed E-state index contributed by atoms with van der Waals surface area (Å²) >= 11 is 0. The Bertz CT molecular complexity index is 723. The van der Waals surface area contributed by atoms with Gasteiger partial charge >= 0.3 is 0 Å². The first-order chi connectivity index (χ1) is 10.3. The molecule has 3 heterocycles. The lowest BCUT2D eigenvalue weighted by Crippen LogP contribution is -2.05. The lowest BCUT2D eigenvalue weighted by atomic mass is 10.2. The third-order valence-corrected chi connectivity index (χ3v) is 2.95. The summed E-state index contributed by atoms with van der Waals surface area (Å²) in [5, 5.41) is 12.5. The molecular weight excluding hydrogens is 268 g/mol. The smallest absolute Gasteiger partial charge is 0.233 e. The molecule has 0 radical (unpaired) electrons. The van der Waals surface area contributed by atoms with Crippen LogP contribution in [0.3, 0.4) is 0 Å². The summed E-state index contributed by atoms with van der Waals surface area (Å²) in [4.78, 5) is 4.34. The van der Waals surface area contributed by atoms with Gasteiger partial charge in [-0.3, -0.25) is 4.98 Å². The third-order valence-electron chi connectivity index (χ3n) is 2.95. The van der Waals surface area contributed by atoms with Crippen LogP contribution in [0, 0.1) is 0 Å². The van der Waals surface area contributed by atoms with Crippen LogP contribution in [0.5, 0.6) is 5.88 Å². The molecule has 3 rings (SSSR count). The number of methoxy groups -OCH3 is 1. The van der Waals surface area contributed by atoms with Crippen molar-refractivity contribution in [3.8, 4) is 23.1 Å². The molecule has 7 heteroatoms. The van der Waals surface area contributed by atoms with E-state index in [1.54, 1.807) is 30.1 Å². The lowest BCUT2D eigenvalue weighted by molar-refractivity contribution is 0.391. The fourth-order valence-electron chi connectivity index (χ4n) is 1.94.